The smallest absolute Gasteiger partial charge is 0.237 e. The molecule has 1 atom stereocenters. The molecule has 0 aliphatic rings. The molecule has 0 aromatic heterocycles. The summed E-state index contributed by atoms with van der Waals surface area (Å²) in [5, 5.41) is 2.90. The van der Waals surface area contributed by atoms with Crippen LogP contribution in [0, 0.1) is 5.41 Å². The number of nitrogens with one attached hydrogen (secondary N) is 1. The first-order valence-corrected chi connectivity index (χ1v) is 6.95. The summed E-state index contributed by atoms with van der Waals surface area (Å²) in [4.78, 5) is 11.8. The second-order valence-electron chi connectivity index (χ2n) is 6.05. The van der Waals surface area contributed by atoms with Gasteiger partial charge in [0, 0.05) is 6.54 Å². The predicted octanol–water partition coefficient (Wildman–Crippen LogP) is 2.28. The zero-order valence-corrected chi connectivity index (χ0v) is 12.5. The number of hydrogen-bond donors (Lipinski definition) is 2. The van der Waals surface area contributed by atoms with E-state index in [9.17, 15) is 4.79 Å². The third-order valence-corrected chi connectivity index (χ3v) is 3.36. The SMILES string of the molecule is CCc1ccc(CCNC(=O)[C@@H](N)C(C)(C)C)cc1. The van der Waals surface area contributed by atoms with E-state index in [4.69, 9.17) is 5.73 Å². The topological polar surface area (TPSA) is 55.1 Å². The van der Waals surface area contributed by atoms with E-state index in [1.165, 1.54) is 11.1 Å². The van der Waals surface area contributed by atoms with Gasteiger partial charge in [-0.15, -0.1) is 0 Å². The second-order valence-corrected chi connectivity index (χ2v) is 6.05. The first-order valence-electron chi connectivity index (χ1n) is 6.95. The van der Waals surface area contributed by atoms with Crippen molar-refractivity contribution in [2.24, 2.45) is 11.1 Å². The minimum Gasteiger partial charge on any atom is -0.354 e. The van der Waals surface area contributed by atoms with Crippen LogP contribution in [0.1, 0.15) is 38.8 Å². The van der Waals surface area contributed by atoms with Gasteiger partial charge in [-0.2, -0.15) is 0 Å². The standard InChI is InChI=1S/C16H26N2O/c1-5-12-6-8-13(9-7-12)10-11-18-15(19)14(17)16(2,3)4/h6-9,14H,5,10-11,17H2,1-4H3,(H,18,19)/t14-/m1/s1. The Morgan fingerprint density at radius 3 is 2.21 bits per heavy atom. The molecule has 19 heavy (non-hydrogen) atoms. The molecule has 0 radical (unpaired) electrons. The molecular formula is C16H26N2O. The van der Waals surface area contributed by atoms with Crippen molar-refractivity contribution in [1.82, 2.24) is 5.32 Å². The van der Waals surface area contributed by atoms with E-state index in [2.05, 4.69) is 36.5 Å². The molecule has 1 aromatic carbocycles. The van der Waals surface area contributed by atoms with Crippen molar-refractivity contribution in [3.05, 3.63) is 35.4 Å². The fourth-order valence-electron chi connectivity index (χ4n) is 1.77. The molecule has 0 aliphatic heterocycles. The van der Waals surface area contributed by atoms with Gasteiger partial charge >= 0.3 is 0 Å². The average molecular weight is 262 g/mol. The van der Waals surface area contributed by atoms with Crippen molar-refractivity contribution in [3.8, 4) is 0 Å². The maximum Gasteiger partial charge on any atom is 0.237 e. The Balaban J connectivity index is 2.39. The summed E-state index contributed by atoms with van der Waals surface area (Å²) in [6.07, 6.45) is 1.89. The van der Waals surface area contributed by atoms with E-state index >= 15 is 0 Å². The summed E-state index contributed by atoms with van der Waals surface area (Å²) in [5.74, 6) is -0.0716. The Labute approximate surface area is 116 Å². The molecule has 0 spiro atoms. The number of carbonyl (C=O) groups excluding carboxylic acids is 1. The molecule has 106 valence electrons. The normalized spacial score (nSPS) is 13.1. The highest BCUT2D eigenvalue weighted by molar-refractivity contribution is 5.82. The minimum absolute atomic E-state index is 0.0716. The van der Waals surface area contributed by atoms with Gasteiger partial charge in [-0.3, -0.25) is 4.79 Å². The molecule has 0 unspecified atom stereocenters. The predicted molar refractivity (Wildman–Crippen MR) is 80.0 cm³/mol. The van der Waals surface area contributed by atoms with E-state index in [1.807, 2.05) is 20.8 Å². The summed E-state index contributed by atoms with van der Waals surface area (Å²) < 4.78 is 0. The summed E-state index contributed by atoms with van der Waals surface area (Å²) in [6.45, 7) is 8.69. The first kappa shape index (κ1) is 15.7. The van der Waals surface area contributed by atoms with Crippen LogP contribution in [0.15, 0.2) is 24.3 Å². The number of nitrogens with two attached hydrogens (primary N) is 1. The fraction of sp³-hybridized carbons (Fsp3) is 0.562. The first-order chi connectivity index (χ1) is 8.84. The number of aryl methyl sites for hydroxylation is 1. The Kier molecular flexibility index (Phi) is 5.55. The minimum atomic E-state index is -0.463. The largest absolute Gasteiger partial charge is 0.354 e. The molecule has 3 heteroatoms. The van der Waals surface area contributed by atoms with E-state index in [1.54, 1.807) is 0 Å². The zero-order chi connectivity index (χ0) is 14.5. The quantitative estimate of drug-likeness (QED) is 0.855. The number of amides is 1. The highest BCUT2D eigenvalue weighted by Crippen LogP contribution is 2.17. The second kappa shape index (κ2) is 6.71. The van der Waals surface area contributed by atoms with Crippen LogP contribution in [0.25, 0.3) is 0 Å². The van der Waals surface area contributed by atoms with Crippen LogP contribution in [0.4, 0.5) is 0 Å². The lowest BCUT2D eigenvalue weighted by molar-refractivity contribution is -0.124. The van der Waals surface area contributed by atoms with Crippen molar-refractivity contribution in [3.63, 3.8) is 0 Å². The summed E-state index contributed by atoms with van der Waals surface area (Å²) >= 11 is 0. The van der Waals surface area contributed by atoms with Crippen LogP contribution in [0.2, 0.25) is 0 Å². The monoisotopic (exact) mass is 262 g/mol. The van der Waals surface area contributed by atoms with Crippen molar-refractivity contribution < 1.29 is 4.79 Å². The fourth-order valence-corrected chi connectivity index (χ4v) is 1.77. The van der Waals surface area contributed by atoms with Gasteiger partial charge in [-0.25, -0.2) is 0 Å². The Bertz CT molecular complexity index is 404. The molecule has 1 aromatic rings. The maximum absolute atomic E-state index is 11.8. The number of carbonyl (C=O) groups is 1. The molecule has 0 heterocycles. The van der Waals surface area contributed by atoms with Gasteiger partial charge in [0.25, 0.3) is 0 Å². The third kappa shape index (κ3) is 5.03. The molecule has 3 nitrogen and oxygen atoms in total. The summed E-state index contributed by atoms with van der Waals surface area (Å²) in [7, 11) is 0. The van der Waals surface area contributed by atoms with Gasteiger partial charge in [0.1, 0.15) is 0 Å². The molecule has 3 N–H and O–H groups in total. The number of benzene rings is 1. The molecule has 0 aliphatic carbocycles. The molecule has 1 rings (SSSR count). The van der Waals surface area contributed by atoms with E-state index in [0.717, 1.165) is 12.8 Å². The van der Waals surface area contributed by atoms with Crippen LogP contribution in [0.5, 0.6) is 0 Å². The van der Waals surface area contributed by atoms with Gasteiger partial charge in [0.05, 0.1) is 6.04 Å². The maximum atomic E-state index is 11.8. The molecular weight excluding hydrogens is 236 g/mol. The van der Waals surface area contributed by atoms with Crippen LogP contribution in [-0.4, -0.2) is 18.5 Å². The molecule has 0 bridgehead atoms. The van der Waals surface area contributed by atoms with Crippen molar-refractivity contribution in [1.29, 1.82) is 0 Å². The summed E-state index contributed by atoms with van der Waals surface area (Å²) in [6, 6.07) is 8.05. The lowest BCUT2D eigenvalue weighted by atomic mass is 9.87. The number of rotatable bonds is 5. The van der Waals surface area contributed by atoms with Crippen molar-refractivity contribution >= 4 is 5.91 Å². The van der Waals surface area contributed by atoms with Gasteiger partial charge < -0.3 is 11.1 Å². The van der Waals surface area contributed by atoms with E-state index in [0.29, 0.717) is 6.54 Å². The molecule has 0 fully saturated rings. The van der Waals surface area contributed by atoms with E-state index in [-0.39, 0.29) is 11.3 Å². The van der Waals surface area contributed by atoms with Crippen LogP contribution in [0.3, 0.4) is 0 Å². The Morgan fingerprint density at radius 1 is 1.21 bits per heavy atom. The van der Waals surface area contributed by atoms with Crippen LogP contribution in [-0.2, 0) is 17.6 Å². The van der Waals surface area contributed by atoms with Crippen LogP contribution < -0.4 is 11.1 Å². The lowest BCUT2D eigenvalue weighted by Crippen LogP contribution is -2.48. The van der Waals surface area contributed by atoms with Gasteiger partial charge in [0.2, 0.25) is 5.91 Å². The van der Waals surface area contributed by atoms with Crippen molar-refractivity contribution in [2.45, 2.75) is 46.6 Å². The average Bonchev–Trinajstić information content (AvgIpc) is 2.37. The highest BCUT2D eigenvalue weighted by atomic mass is 16.2. The Morgan fingerprint density at radius 2 is 1.74 bits per heavy atom. The van der Waals surface area contributed by atoms with E-state index < -0.39 is 6.04 Å². The molecule has 0 saturated heterocycles. The highest BCUT2D eigenvalue weighted by Gasteiger charge is 2.26. The summed E-state index contributed by atoms with van der Waals surface area (Å²) in [5.41, 5.74) is 8.27. The lowest BCUT2D eigenvalue weighted by Gasteiger charge is -2.25. The van der Waals surface area contributed by atoms with Gasteiger partial charge in [-0.05, 0) is 29.4 Å². The van der Waals surface area contributed by atoms with Crippen LogP contribution >= 0.6 is 0 Å². The third-order valence-electron chi connectivity index (χ3n) is 3.36. The van der Waals surface area contributed by atoms with Crippen molar-refractivity contribution in [2.75, 3.05) is 6.54 Å². The van der Waals surface area contributed by atoms with Gasteiger partial charge in [-0.1, -0.05) is 52.0 Å². The van der Waals surface area contributed by atoms with Gasteiger partial charge in [0.15, 0.2) is 0 Å². The number of hydrogen-bond acceptors (Lipinski definition) is 2. The molecule has 0 saturated carbocycles. The molecule has 1 amide bonds. The zero-order valence-electron chi connectivity index (χ0n) is 12.5. The Hall–Kier alpha value is -1.35.